The molecule has 0 aliphatic heterocycles. The molecule has 1 fully saturated rings. The molecule has 2 aromatic rings. The van der Waals surface area contributed by atoms with E-state index in [2.05, 4.69) is 70.2 Å². The highest BCUT2D eigenvalue weighted by molar-refractivity contribution is 5.67. The molecule has 0 aromatic heterocycles. The average Bonchev–Trinajstić information content (AvgIpc) is 3.50. The summed E-state index contributed by atoms with van der Waals surface area (Å²) in [6, 6.07) is 19.2. The van der Waals surface area contributed by atoms with Gasteiger partial charge in [-0.15, -0.1) is 0 Å². The number of benzene rings is 2. The zero-order valence-corrected chi connectivity index (χ0v) is 15.7. The third kappa shape index (κ3) is 2.27. The molecule has 5 rings (SSSR count). The van der Waals surface area contributed by atoms with Crippen molar-refractivity contribution >= 4 is 0 Å². The van der Waals surface area contributed by atoms with Crippen LogP contribution in [-0.2, 0) is 5.41 Å². The van der Waals surface area contributed by atoms with Crippen LogP contribution in [0.15, 0.2) is 78.9 Å². The van der Waals surface area contributed by atoms with Crippen molar-refractivity contribution in [2.75, 3.05) is 0 Å². The van der Waals surface area contributed by atoms with Gasteiger partial charge in [-0.2, -0.15) is 0 Å². The summed E-state index contributed by atoms with van der Waals surface area (Å²) in [6.07, 6.45) is 9.38. The first-order chi connectivity index (χ1) is 12.0. The Labute approximate surface area is 152 Å². The molecule has 4 atom stereocenters. The van der Waals surface area contributed by atoms with E-state index in [1.165, 1.54) is 5.56 Å². The molecular formula is C25H28. The third-order valence-electron chi connectivity index (χ3n) is 6.79. The Balaban J connectivity index is 0.000000223. The molecule has 128 valence electrons. The Hall–Kier alpha value is -2.08. The molecule has 0 radical (unpaired) electrons. The Kier molecular flexibility index (Phi) is 3.76. The molecule has 0 saturated heterocycles. The predicted octanol–water partition coefficient (Wildman–Crippen LogP) is 6.49. The van der Waals surface area contributed by atoms with Crippen LogP contribution in [-0.4, -0.2) is 0 Å². The van der Waals surface area contributed by atoms with Gasteiger partial charge in [0.15, 0.2) is 0 Å². The second-order valence-corrected chi connectivity index (χ2v) is 8.23. The van der Waals surface area contributed by atoms with Crippen molar-refractivity contribution in [1.82, 2.24) is 0 Å². The Bertz CT molecular complexity index is 800. The van der Waals surface area contributed by atoms with Crippen molar-refractivity contribution < 1.29 is 0 Å². The second kappa shape index (κ2) is 5.73. The lowest BCUT2D eigenvalue weighted by molar-refractivity contribution is 0.424. The molecular weight excluding hydrogens is 300 g/mol. The molecule has 2 aromatic carbocycles. The molecule has 0 heteroatoms. The van der Waals surface area contributed by atoms with E-state index < -0.39 is 0 Å². The monoisotopic (exact) mass is 328 g/mol. The average molecular weight is 328 g/mol. The van der Waals surface area contributed by atoms with E-state index in [0.717, 1.165) is 11.8 Å². The molecule has 3 aliphatic carbocycles. The fraction of sp³-hybridized carbons (Fsp3) is 0.360. The summed E-state index contributed by atoms with van der Waals surface area (Å²) in [6.45, 7) is 9.44. The van der Waals surface area contributed by atoms with Crippen molar-refractivity contribution in [2.24, 2.45) is 17.3 Å². The smallest absolute Gasteiger partial charge is 0.0280 e. The van der Waals surface area contributed by atoms with E-state index in [-0.39, 0.29) is 0 Å². The minimum Gasteiger partial charge on any atom is -0.0802 e. The topological polar surface area (TPSA) is 0 Å². The molecule has 0 bridgehead atoms. The van der Waals surface area contributed by atoms with Crippen molar-refractivity contribution in [1.29, 1.82) is 0 Å². The maximum absolute atomic E-state index is 2.48. The van der Waals surface area contributed by atoms with Crippen LogP contribution in [0.2, 0.25) is 0 Å². The normalized spacial score (nSPS) is 33.2. The fourth-order valence-electron chi connectivity index (χ4n) is 5.07. The van der Waals surface area contributed by atoms with Crippen molar-refractivity contribution in [3.05, 3.63) is 95.6 Å². The highest BCUT2D eigenvalue weighted by Gasteiger charge is 2.74. The molecule has 0 heterocycles. The van der Waals surface area contributed by atoms with Gasteiger partial charge in [-0.05, 0) is 34.4 Å². The van der Waals surface area contributed by atoms with Gasteiger partial charge in [0, 0.05) is 10.8 Å². The maximum Gasteiger partial charge on any atom is 0.0280 e. The van der Waals surface area contributed by atoms with Crippen LogP contribution in [0.3, 0.4) is 0 Å². The van der Waals surface area contributed by atoms with Gasteiger partial charge in [-0.1, -0.05) is 107 Å². The van der Waals surface area contributed by atoms with Gasteiger partial charge in [0.25, 0.3) is 0 Å². The van der Waals surface area contributed by atoms with Crippen LogP contribution in [0.25, 0.3) is 0 Å². The summed E-state index contributed by atoms with van der Waals surface area (Å²) >= 11 is 0. The molecule has 3 unspecified atom stereocenters. The summed E-state index contributed by atoms with van der Waals surface area (Å²) in [7, 11) is 0. The summed E-state index contributed by atoms with van der Waals surface area (Å²) in [5.41, 5.74) is 5.35. The lowest BCUT2D eigenvalue weighted by Crippen LogP contribution is -2.22. The van der Waals surface area contributed by atoms with E-state index >= 15 is 0 Å². The SMILES string of the molecule is CC(C)c1ccc2c(c1)C2(C)C12C=CC=CC1[C@H]2C.c1ccccc1. The van der Waals surface area contributed by atoms with Gasteiger partial charge in [0.1, 0.15) is 0 Å². The lowest BCUT2D eigenvalue weighted by atomic mass is 9.78. The molecule has 0 amide bonds. The molecule has 0 spiro atoms. The number of allylic oxidation sites excluding steroid dienone is 4. The standard InChI is InChI=1S/C19H22.C6H6/c1-12(2)14-8-9-16-17(11-14)18(16,4)19-10-6-5-7-15(19)13(19)3;1-2-4-6-5-3-1/h5-13,15H,1-4H3;1-6H/t13-,15?,18?,19?;/m1./s1. The Morgan fingerprint density at radius 2 is 1.52 bits per heavy atom. The highest BCUT2D eigenvalue weighted by Crippen LogP contribution is 2.78. The first-order valence-corrected chi connectivity index (χ1v) is 9.54. The van der Waals surface area contributed by atoms with E-state index in [1.54, 1.807) is 11.1 Å². The van der Waals surface area contributed by atoms with Crippen LogP contribution in [0.4, 0.5) is 0 Å². The van der Waals surface area contributed by atoms with Crippen LogP contribution in [0, 0.1) is 17.3 Å². The van der Waals surface area contributed by atoms with Gasteiger partial charge in [0.2, 0.25) is 0 Å². The van der Waals surface area contributed by atoms with Crippen molar-refractivity contribution in [3.8, 4) is 0 Å². The minimum atomic E-state index is 0.297. The summed E-state index contributed by atoms with van der Waals surface area (Å²) < 4.78 is 0. The first-order valence-electron chi connectivity index (χ1n) is 9.54. The van der Waals surface area contributed by atoms with Gasteiger partial charge in [-0.3, -0.25) is 0 Å². The minimum absolute atomic E-state index is 0.297. The zero-order chi connectivity index (χ0) is 17.7. The van der Waals surface area contributed by atoms with Crippen LogP contribution >= 0.6 is 0 Å². The van der Waals surface area contributed by atoms with E-state index in [0.29, 0.717) is 16.7 Å². The fourth-order valence-corrected chi connectivity index (χ4v) is 5.07. The number of hydrogen-bond acceptors (Lipinski definition) is 0. The van der Waals surface area contributed by atoms with Gasteiger partial charge in [0.05, 0.1) is 0 Å². The lowest BCUT2D eigenvalue weighted by Gasteiger charge is -2.24. The molecule has 0 nitrogen and oxygen atoms in total. The van der Waals surface area contributed by atoms with Gasteiger partial charge >= 0.3 is 0 Å². The van der Waals surface area contributed by atoms with Crippen molar-refractivity contribution in [2.45, 2.75) is 39.0 Å². The molecule has 1 saturated carbocycles. The number of rotatable bonds is 2. The molecule has 0 N–H and O–H groups in total. The number of hydrogen-bond donors (Lipinski definition) is 0. The summed E-state index contributed by atoms with van der Waals surface area (Å²) in [5, 5.41) is 0. The first kappa shape index (κ1) is 16.4. The highest BCUT2D eigenvalue weighted by atomic mass is 14.8. The summed E-state index contributed by atoms with van der Waals surface area (Å²) in [4.78, 5) is 0. The largest absolute Gasteiger partial charge is 0.0802 e. The van der Waals surface area contributed by atoms with Crippen LogP contribution in [0.5, 0.6) is 0 Å². The maximum atomic E-state index is 2.48. The number of fused-ring (bicyclic) bond motifs is 2. The molecule has 3 aliphatic rings. The zero-order valence-electron chi connectivity index (χ0n) is 15.7. The summed E-state index contributed by atoms with van der Waals surface area (Å²) in [5.74, 6) is 2.15. The quantitative estimate of drug-likeness (QED) is 0.590. The van der Waals surface area contributed by atoms with Crippen LogP contribution in [0.1, 0.15) is 50.3 Å². The van der Waals surface area contributed by atoms with Crippen molar-refractivity contribution in [3.63, 3.8) is 0 Å². The Morgan fingerprint density at radius 1 is 0.880 bits per heavy atom. The van der Waals surface area contributed by atoms with E-state index in [9.17, 15) is 0 Å². The van der Waals surface area contributed by atoms with E-state index in [4.69, 9.17) is 0 Å². The van der Waals surface area contributed by atoms with Crippen LogP contribution < -0.4 is 0 Å². The van der Waals surface area contributed by atoms with E-state index in [1.807, 2.05) is 36.4 Å². The predicted molar refractivity (Wildman–Crippen MR) is 107 cm³/mol. The Morgan fingerprint density at radius 3 is 2.08 bits per heavy atom. The third-order valence-corrected chi connectivity index (χ3v) is 6.79. The second-order valence-electron chi connectivity index (χ2n) is 8.23. The molecule has 25 heavy (non-hydrogen) atoms. The van der Waals surface area contributed by atoms with Gasteiger partial charge < -0.3 is 0 Å². The van der Waals surface area contributed by atoms with Gasteiger partial charge in [-0.25, -0.2) is 0 Å².